The molecule has 1 unspecified atom stereocenters. The molecule has 0 spiro atoms. The van der Waals surface area contributed by atoms with Crippen molar-refractivity contribution >= 4 is 5.91 Å². The number of nitrogens with two attached hydrogens (primary N) is 1. The second-order valence-electron chi connectivity index (χ2n) is 4.84. The van der Waals surface area contributed by atoms with Crippen LogP contribution in [0.15, 0.2) is 0 Å². The van der Waals surface area contributed by atoms with Gasteiger partial charge in [0.2, 0.25) is 5.91 Å². The molecule has 14 heavy (non-hydrogen) atoms. The largest absolute Gasteiger partial charge is 0.336 e. The van der Waals surface area contributed by atoms with Gasteiger partial charge in [0.15, 0.2) is 0 Å². The molecular weight excluding hydrogens is 176 g/mol. The number of carbonyl (C=O) groups excluding carboxylic acids is 1. The molecule has 0 aromatic heterocycles. The zero-order chi connectivity index (χ0) is 10.2. The Bertz CT molecular complexity index is 237. The quantitative estimate of drug-likeness (QED) is 0.735. The van der Waals surface area contributed by atoms with E-state index in [4.69, 9.17) is 5.73 Å². The highest BCUT2D eigenvalue weighted by atomic mass is 16.2. The molecule has 1 aliphatic heterocycles. The molecule has 0 radical (unpaired) electrons. The highest BCUT2D eigenvalue weighted by molar-refractivity contribution is 5.77. The summed E-state index contributed by atoms with van der Waals surface area (Å²) < 4.78 is 0. The van der Waals surface area contributed by atoms with Gasteiger partial charge in [-0.05, 0) is 38.5 Å². The Morgan fingerprint density at radius 2 is 2.21 bits per heavy atom. The fourth-order valence-electron chi connectivity index (χ4n) is 2.55. The summed E-state index contributed by atoms with van der Waals surface area (Å²) in [6.07, 6.45) is 5.42. The van der Waals surface area contributed by atoms with E-state index in [-0.39, 0.29) is 5.54 Å². The zero-order valence-electron chi connectivity index (χ0n) is 8.96. The molecule has 1 heterocycles. The van der Waals surface area contributed by atoms with Crippen molar-refractivity contribution in [1.82, 2.24) is 4.90 Å². The zero-order valence-corrected chi connectivity index (χ0v) is 8.96. The molecule has 80 valence electrons. The van der Waals surface area contributed by atoms with Gasteiger partial charge in [-0.15, -0.1) is 0 Å². The van der Waals surface area contributed by atoms with Gasteiger partial charge in [-0.1, -0.05) is 0 Å². The lowest BCUT2D eigenvalue weighted by atomic mass is 9.91. The highest BCUT2D eigenvalue weighted by Crippen LogP contribution is 2.43. The van der Waals surface area contributed by atoms with Crippen molar-refractivity contribution in [1.29, 1.82) is 0 Å². The minimum atomic E-state index is -0.0441. The van der Waals surface area contributed by atoms with Crippen LogP contribution in [0.1, 0.15) is 39.0 Å². The minimum absolute atomic E-state index is 0.0441. The van der Waals surface area contributed by atoms with Crippen LogP contribution in [0.25, 0.3) is 0 Å². The molecule has 1 atom stereocenters. The number of nitrogens with zero attached hydrogens (tertiary/aromatic N) is 1. The van der Waals surface area contributed by atoms with Crippen LogP contribution in [0.4, 0.5) is 0 Å². The molecule has 1 saturated heterocycles. The van der Waals surface area contributed by atoms with Crippen LogP contribution < -0.4 is 5.73 Å². The predicted molar refractivity (Wildman–Crippen MR) is 55.7 cm³/mol. The topological polar surface area (TPSA) is 46.3 Å². The monoisotopic (exact) mass is 196 g/mol. The Morgan fingerprint density at radius 3 is 2.71 bits per heavy atom. The molecule has 3 heteroatoms. The van der Waals surface area contributed by atoms with E-state index in [9.17, 15) is 4.79 Å². The Hall–Kier alpha value is -0.570. The van der Waals surface area contributed by atoms with E-state index in [1.165, 1.54) is 12.8 Å². The van der Waals surface area contributed by atoms with Crippen LogP contribution in [0.3, 0.4) is 0 Å². The molecule has 2 aliphatic rings. The predicted octanol–water partition coefficient (Wildman–Crippen LogP) is 1.13. The third kappa shape index (κ3) is 1.54. The summed E-state index contributed by atoms with van der Waals surface area (Å²) in [6.45, 7) is 3.69. The second kappa shape index (κ2) is 3.54. The highest BCUT2D eigenvalue weighted by Gasteiger charge is 2.46. The van der Waals surface area contributed by atoms with Crippen molar-refractivity contribution in [2.45, 2.75) is 44.6 Å². The fraction of sp³-hybridized carbons (Fsp3) is 0.909. The van der Waals surface area contributed by atoms with E-state index >= 15 is 0 Å². The summed E-state index contributed by atoms with van der Waals surface area (Å²) in [4.78, 5) is 13.9. The lowest BCUT2D eigenvalue weighted by molar-refractivity contribution is -0.140. The van der Waals surface area contributed by atoms with Crippen molar-refractivity contribution < 1.29 is 4.79 Å². The Balaban J connectivity index is 2.12. The van der Waals surface area contributed by atoms with Gasteiger partial charge in [-0.25, -0.2) is 0 Å². The average molecular weight is 196 g/mol. The summed E-state index contributed by atoms with van der Waals surface area (Å²) in [7, 11) is 0. The van der Waals surface area contributed by atoms with Crippen LogP contribution in [-0.4, -0.2) is 29.4 Å². The molecule has 1 aliphatic carbocycles. The molecule has 2 fully saturated rings. The number of carbonyl (C=O) groups is 1. The maximum Gasteiger partial charge on any atom is 0.223 e. The number of hydrogen-bond acceptors (Lipinski definition) is 2. The summed E-state index contributed by atoms with van der Waals surface area (Å²) >= 11 is 0. The Morgan fingerprint density at radius 1 is 1.50 bits per heavy atom. The van der Waals surface area contributed by atoms with Gasteiger partial charge in [-0.3, -0.25) is 4.79 Å². The van der Waals surface area contributed by atoms with Crippen LogP contribution in [0.5, 0.6) is 0 Å². The van der Waals surface area contributed by atoms with E-state index in [0.29, 0.717) is 18.4 Å². The van der Waals surface area contributed by atoms with Crippen LogP contribution in [-0.2, 0) is 4.79 Å². The Kier molecular flexibility index (Phi) is 2.52. The summed E-state index contributed by atoms with van der Waals surface area (Å²) in [6, 6.07) is 0. The maximum absolute atomic E-state index is 11.8. The number of likely N-dealkylation sites (tertiary alicyclic amines) is 1. The summed E-state index contributed by atoms with van der Waals surface area (Å²) in [5.74, 6) is 0.977. The molecule has 2 N–H and O–H groups in total. The van der Waals surface area contributed by atoms with Crippen molar-refractivity contribution in [2.75, 3.05) is 13.1 Å². The molecular formula is C11H20N2O. The van der Waals surface area contributed by atoms with Gasteiger partial charge in [0.25, 0.3) is 0 Å². The number of hydrogen-bond donors (Lipinski definition) is 1. The van der Waals surface area contributed by atoms with Gasteiger partial charge < -0.3 is 10.6 Å². The molecule has 0 aromatic carbocycles. The lowest BCUT2D eigenvalue weighted by Gasteiger charge is -2.43. The van der Waals surface area contributed by atoms with Gasteiger partial charge >= 0.3 is 0 Å². The smallest absolute Gasteiger partial charge is 0.223 e. The van der Waals surface area contributed by atoms with Crippen molar-refractivity contribution in [2.24, 2.45) is 11.7 Å². The number of piperidine rings is 1. The van der Waals surface area contributed by atoms with E-state index in [2.05, 4.69) is 6.92 Å². The van der Waals surface area contributed by atoms with Gasteiger partial charge in [0.05, 0.1) is 5.54 Å². The standard InChI is InChI=1S/C11H20N2O/c1-11(8-12,9-5-6-9)13-7-3-2-4-10(13)14/h9H,2-8,12H2,1H3. The van der Waals surface area contributed by atoms with Crippen molar-refractivity contribution in [3.63, 3.8) is 0 Å². The maximum atomic E-state index is 11.8. The van der Waals surface area contributed by atoms with Crippen LogP contribution >= 0.6 is 0 Å². The first-order chi connectivity index (χ1) is 6.68. The first-order valence-corrected chi connectivity index (χ1v) is 5.69. The van der Waals surface area contributed by atoms with Crippen molar-refractivity contribution in [3.05, 3.63) is 0 Å². The molecule has 3 nitrogen and oxygen atoms in total. The van der Waals surface area contributed by atoms with Gasteiger partial charge in [-0.2, -0.15) is 0 Å². The molecule has 1 saturated carbocycles. The number of rotatable bonds is 3. The normalized spacial score (nSPS) is 27.6. The van der Waals surface area contributed by atoms with Gasteiger partial charge in [0, 0.05) is 19.5 Å². The van der Waals surface area contributed by atoms with Gasteiger partial charge in [0.1, 0.15) is 0 Å². The van der Waals surface area contributed by atoms with E-state index in [0.717, 1.165) is 25.8 Å². The molecule has 0 aromatic rings. The third-order valence-electron chi connectivity index (χ3n) is 3.81. The van der Waals surface area contributed by atoms with E-state index in [1.807, 2.05) is 4.90 Å². The average Bonchev–Trinajstić information content (AvgIpc) is 3.01. The SMILES string of the molecule is CC(CN)(C1CC1)N1CCCCC1=O. The van der Waals surface area contributed by atoms with Crippen LogP contribution in [0, 0.1) is 5.92 Å². The first kappa shape index (κ1) is 9.97. The van der Waals surface area contributed by atoms with E-state index in [1.54, 1.807) is 0 Å². The third-order valence-corrected chi connectivity index (χ3v) is 3.81. The first-order valence-electron chi connectivity index (χ1n) is 5.69. The molecule has 0 bridgehead atoms. The van der Waals surface area contributed by atoms with Crippen molar-refractivity contribution in [3.8, 4) is 0 Å². The molecule has 1 amide bonds. The van der Waals surface area contributed by atoms with Crippen LogP contribution in [0.2, 0.25) is 0 Å². The summed E-state index contributed by atoms with van der Waals surface area (Å²) in [5.41, 5.74) is 5.80. The lowest BCUT2D eigenvalue weighted by Crippen LogP contribution is -2.57. The second-order valence-corrected chi connectivity index (χ2v) is 4.84. The number of amides is 1. The minimum Gasteiger partial charge on any atom is -0.336 e. The molecule has 2 rings (SSSR count). The fourth-order valence-corrected chi connectivity index (χ4v) is 2.55. The summed E-state index contributed by atoms with van der Waals surface area (Å²) in [5, 5.41) is 0. The van der Waals surface area contributed by atoms with E-state index < -0.39 is 0 Å². The Labute approximate surface area is 85.6 Å².